The summed E-state index contributed by atoms with van der Waals surface area (Å²) >= 11 is 0. The molecule has 0 aliphatic carbocycles. The third-order valence-electron chi connectivity index (χ3n) is 7.18. The molecule has 3 aliphatic rings. The highest BCUT2D eigenvalue weighted by molar-refractivity contribution is 5.79. The van der Waals surface area contributed by atoms with Gasteiger partial charge in [0.05, 0.1) is 20.1 Å². The number of ether oxygens (including phenoxy) is 2. The summed E-state index contributed by atoms with van der Waals surface area (Å²) < 4.78 is 10.9. The second-order valence-corrected chi connectivity index (χ2v) is 9.70. The van der Waals surface area contributed by atoms with E-state index >= 15 is 0 Å². The van der Waals surface area contributed by atoms with Gasteiger partial charge in [-0.2, -0.15) is 0 Å². The molecule has 3 saturated heterocycles. The van der Waals surface area contributed by atoms with E-state index in [1.807, 2.05) is 12.1 Å². The molecule has 0 unspecified atom stereocenters. The molecular formula is C25H39N5O4. The smallest absolute Gasteiger partial charge is 0.317 e. The minimum atomic E-state index is -0.0473. The normalized spacial score (nSPS) is 23.7. The van der Waals surface area contributed by atoms with E-state index in [1.54, 1.807) is 19.1 Å². The second kappa shape index (κ2) is 11.8. The van der Waals surface area contributed by atoms with Crippen molar-refractivity contribution in [3.05, 3.63) is 23.8 Å². The van der Waals surface area contributed by atoms with Crippen molar-refractivity contribution in [1.82, 2.24) is 25.3 Å². The lowest BCUT2D eigenvalue weighted by atomic mass is 9.87. The quantitative estimate of drug-likeness (QED) is 0.534. The third-order valence-corrected chi connectivity index (χ3v) is 7.18. The molecule has 9 heteroatoms. The van der Waals surface area contributed by atoms with E-state index in [9.17, 15) is 9.59 Å². The predicted octanol–water partition coefficient (Wildman–Crippen LogP) is 1.38. The molecule has 0 bridgehead atoms. The minimum absolute atomic E-state index is 0.0429. The Morgan fingerprint density at radius 2 is 1.88 bits per heavy atom. The molecule has 2 atom stereocenters. The van der Waals surface area contributed by atoms with Crippen LogP contribution in [-0.4, -0.2) is 99.8 Å². The van der Waals surface area contributed by atoms with Gasteiger partial charge in [0.2, 0.25) is 5.91 Å². The van der Waals surface area contributed by atoms with Gasteiger partial charge in [0.15, 0.2) is 11.5 Å². The first-order valence-corrected chi connectivity index (χ1v) is 12.5. The summed E-state index contributed by atoms with van der Waals surface area (Å²) in [5.74, 6) is 1.97. The van der Waals surface area contributed by atoms with Crippen LogP contribution >= 0.6 is 0 Å². The maximum atomic E-state index is 13.1. The van der Waals surface area contributed by atoms with Gasteiger partial charge in [-0.05, 0) is 56.0 Å². The molecule has 3 aliphatic heterocycles. The van der Waals surface area contributed by atoms with Crippen LogP contribution in [0.2, 0.25) is 0 Å². The van der Waals surface area contributed by atoms with Gasteiger partial charge in [-0.15, -0.1) is 0 Å². The lowest BCUT2D eigenvalue weighted by Crippen LogP contribution is -2.49. The number of likely N-dealkylation sites (tertiary alicyclic amines) is 2. The number of benzene rings is 1. The maximum Gasteiger partial charge on any atom is 0.317 e. The molecule has 0 saturated carbocycles. The van der Waals surface area contributed by atoms with Gasteiger partial charge >= 0.3 is 6.03 Å². The van der Waals surface area contributed by atoms with E-state index in [4.69, 9.17) is 9.47 Å². The van der Waals surface area contributed by atoms with Crippen molar-refractivity contribution in [2.24, 2.45) is 11.8 Å². The average molecular weight is 474 g/mol. The highest BCUT2D eigenvalue weighted by Gasteiger charge is 2.33. The number of piperidine rings is 1. The van der Waals surface area contributed by atoms with Gasteiger partial charge in [-0.3, -0.25) is 9.69 Å². The van der Waals surface area contributed by atoms with E-state index in [0.29, 0.717) is 32.1 Å². The molecular weight excluding hydrogens is 434 g/mol. The van der Waals surface area contributed by atoms with Crippen LogP contribution in [0, 0.1) is 11.8 Å². The number of amides is 3. The van der Waals surface area contributed by atoms with E-state index in [0.717, 1.165) is 49.7 Å². The van der Waals surface area contributed by atoms with Crippen LogP contribution in [0.3, 0.4) is 0 Å². The predicted molar refractivity (Wildman–Crippen MR) is 130 cm³/mol. The van der Waals surface area contributed by atoms with Gasteiger partial charge < -0.3 is 29.9 Å². The Balaban J connectivity index is 1.37. The standard InChI is InChI=1S/C25H39N5O4/c1-33-22-6-5-19(14-23(22)34-2)15-29-17-20(16-28-9-3-4-10-28)13-21(18-29)24(31)26-7-11-30-12-8-27-25(30)32/h5-6,14,20-21H,3-4,7-13,15-18H2,1-2H3,(H,26,31)(H,27,32)/t20-,21-/m1/s1. The zero-order valence-electron chi connectivity index (χ0n) is 20.6. The van der Waals surface area contributed by atoms with E-state index in [-0.39, 0.29) is 17.9 Å². The van der Waals surface area contributed by atoms with E-state index < -0.39 is 0 Å². The molecule has 3 heterocycles. The van der Waals surface area contributed by atoms with Crippen molar-refractivity contribution in [3.63, 3.8) is 0 Å². The molecule has 34 heavy (non-hydrogen) atoms. The Morgan fingerprint density at radius 3 is 2.59 bits per heavy atom. The number of hydrogen-bond acceptors (Lipinski definition) is 6. The van der Waals surface area contributed by atoms with Crippen LogP contribution in [0.1, 0.15) is 24.8 Å². The van der Waals surface area contributed by atoms with E-state index in [1.165, 1.54) is 25.9 Å². The fourth-order valence-electron chi connectivity index (χ4n) is 5.50. The van der Waals surface area contributed by atoms with Crippen molar-refractivity contribution in [2.75, 3.05) is 73.1 Å². The van der Waals surface area contributed by atoms with Crippen molar-refractivity contribution >= 4 is 11.9 Å². The summed E-state index contributed by atoms with van der Waals surface area (Å²) in [7, 11) is 3.30. The number of hydrogen-bond donors (Lipinski definition) is 2. The van der Waals surface area contributed by atoms with Crippen molar-refractivity contribution in [2.45, 2.75) is 25.8 Å². The maximum absolute atomic E-state index is 13.1. The van der Waals surface area contributed by atoms with E-state index in [2.05, 4.69) is 26.5 Å². The molecule has 0 radical (unpaired) electrons. The van der Waals surface area contributed by atoms with Gasteiger partial charge in [0.1, 0.15) is 0 Å². The van der Waals surface area contributed by atoms with Crippen LogP contribution in [0.5, 0.6) is 11.5 Å². The van der Waals surface area contributed by atoms with Crippen LogP contribution in [-0.2, 0) is 11.3 Å². The van der Waals surface area contributed by atoms with Crippen molar-refractivity contribution < 1.29 is 19.1 Å². The summed E-state index contributed by atoms with van der Waals surface area (Å²) in [6.45, 7) is 8.32. The number of methoxy groups -OCH3 is 2. The summed E-state index contributed by atoms with van der Waals surface area (Å²) in [5, 5.41) is 5.90. The van der Waals surface area contributed by atoms with Crippen LogP contribution in [0.15, 0.2) is 18.2 Å². The molecule has 0 aromatic heterocycles. The van der Waals surface area contributed by atoms with Crippen LogP contribution in [0.25, 0.3) is 0 Å². The number of nitrogens with zero attached hydrogens (tertiary/aromatic N) is 3. The number of nitrogens with one attached hydrogen (secondary N) is 2. The number of rotatable bonds is 10. The van der Waals surface area contributed by atoms with Crippen molar-refractivity contribution in [3.8, 4) is 11.5 Å². The molecule has 1 aromatic rings. The van der Waals surface area contributed by atoms with Gasteiger partial charge in [-0.25, -0.2) is 4.79 Å². The van der Waals surface area contributed by atoms with Gasteiger partial charge in [0, 0.05) is 52.4 Å². The minimum Gasteiger partial charge on any atom is -0.493 e. The average Bonchev–Trinajstić information content (AvgIpc) is 3.50. The topological polar surface area (TPSA) is 86.4 Å². The highest BCUT2D eigenvalue weighted by atomic mass is 16.5. The largest absolute Gasteiger partial charge is 0.493 e. The Hall–Kier alpha value is -2.52. The third kappa shape index (κ3) is 6.33. The first-order chi connectivity index (χ1) is 16.6. The van der Waals surface area contributed by atoms with Gasteiger partial charge in [0.25, 0.3) is 0 Å². The highest BCUT2D eigenvalue weighted by Crippen LogP contribution is 2.30. The molecule has 2 N–H and O–H groups in total. The molecule has 0 spiro atoms. The Bertz CT molecular complexity index is 845. The molecule has 9 nitrogen and oxygen atoms in total. The summed E-state index contributed by atoms with van der Waals surface area (Å²) in [5.41, 5.74) is 1.15. The number of urea groups is 1. The first kappa shape index (κ1) is 24.6. The monoisotopic (exact) mass is 473 g/mol. The van der Waals surface area contributed by atoms with Crippen molar-refractivity contribution in [1.29, 1.82) is 0 Å². The second-order valence-electron chi connectivity index (χ2n) is 9.70. The number of carbonyl (C=O) groups excluding carboxylic acids is 2. The lowest BCUT2D eigenvalue weighted by Gasteiger charge is -2.38. The Kier molecular flexibility index (Phi) is 8.50. The molecule has 1 aromatic carbocycles. The molecule has 188 valence electrons. The zero-order chi connectivity index (χ0) is 23.9. The molecule has 3 amide bonds. The SMILES string of the molecule is COc1ccc(CN2C[C@@H](CN3CCCC3)C[C@@H](C(=O)NCCN3CCNC3=O)C2)cc1OC. The first-order valence-electron chi connectivity index (χ1n) is 12.5. The fourth-order valence-corrected chi connectivity index (χ4v) is 5.50. The zero-order valence-corrected chi connectivity index (χ0v) is 20.6. The fraction of sp³-hybridized carbons (Fsp3) is 0.680. The summed E-state index contributed by atoms with van der Waals surface area (Å²) in [4.78, 5) is 31.6. The molecule has 4 rings (SSSR count). The Labute approximate surface area is 202 Å². The van der Waals surface area contributed by atoms with Crippen LogP contribution < -0.4 is 20.1 Å². The summed E-state index contributed by atoms with van der Waals surface area (Å²) in [6, 6.07) is 6.00. The lowest BCUT2D eigenvalue weighted by molar-refractivity contribution is -0.127. The Morgan fingerprint density at radius 1 is 1.09 bits per heavy atom. The summed E-state index contributed by atoms with van der Waals surface area (Å²) in [6.07, 6.45) is 3.46. The van der Waals surface area contributed by atoms with Crippen LogP contribution in [0.4, 0.5) is 4.79 Å². The number of carbonyl (C=O) groups is 2. The van der Waals surface area contributed by atoms with Gasteiger partial charge in [-0.1, -0.05) is 6.07 Å². The molecule has 3 fully saturated rings.